The second-order valence-corrected chi connectivity index (χ2v) is 15.0. The van der Waals surface area contributed by atoms with Crippen molar-refractivity contribution in [2.24, 2.45) is 0 Å². The second-order valence-electron chi connectivity index (χ2n) is 14.6. The van der Waals surface area contributed by atoms with Crippen LogP contribution in [0.25, 0.3) is 0 Å². The van der Waals surface area contributed by atoms with Crippen LogP contribution in [0.1, 0.15) is 109 Å². The summed E-state index contributed by atoms with van der Waals surface area (Å²) in [6.45, 7) is 15.0. The number of hydrogen-bond acceptors (Lipinski definition) is 9. The summed E-state index contributed by atoms with van der Waals surface area (Å²) in [5.74, 6) is -1.37. The molecule has 3 aliphatic heterocycles. The van der Waals surface area contributed by atoms with Crippen LogP contribution in [0.3, 0.4) is 0 Å². The predicted octanol–water partition coefficient (Wildman–Crippen LogP) is 6.22. The molecule has 1 atom stereocenters. The smallest absolute Gasteiger partial charge is 0.331 e. The Morgan fingerprint density at radius 1 is 1.02 bits per heavy atom. The molecule has 16 heteroatoms. The summed E-state index contributed by atoms with van der Waals surface area (Å²) in [5.41, 5.74) is -1.20. The molecule has 6 rings (SSSR count). The molecular formula is C40H53F3N8O4S. The maximum absolute atomic E-state index is 13.3. The number of carbonyl (C=O) groups is 4. The van der Waals surface area contributed by atoms with Crippen molar-refractivity contribution < 1.29 is 32.3 Å². The van der Waals surface area contributed by atoms with E-state index in [9.17, 15) is 32.3 Å². The quantitative estimate of drug-likeness (QED) is 0.234. The van der Waals surface area contributed by atoms with Crippen molar-refractivity contribution in [2.75, 3.05) is 49.5 Å². The van der Waals surface area contributed by atoms with Gasteiger partial charge in [-0.3, -0.25) is 39.3 Å². The van der Waals surface area contributed by atoms with Crippen molar-refractivity contribution in [2.45, 2.75) is 110 Å². The number of carbonyl (C=O) groups excluding carboxylic acids is 4. The third-order valence-electron chi connectivity index (χ3n) is 10.4. The van der Waals surface area contributed by atoms with Gasteiger partial charge in [0.1, 0.15) is 5.54 Å². The minimum Gasteiger partial charge on any atom is -0.331 e. The number of anilines is 2. The molecule has 12 nitrogen and oxygen atoms in total. The van der Waals surface area contributed by atoms with E-state index in [0.29, 0.717) is 30.8 Å². The summed E-state index contributed by atoms with van der Waals surface area (Å²) < 4.78 is 40.0. The van der Waals surface area contributed by atoms with Gasteiger partial charge in [-0.15, -0.1) is 0 Å². The van der Waals surface area contributed by atoms with Gasteiger partial charge in [0.2, 0.25) is 17.7 Å². The van der Waals surface area contributed by atoms with Crippen LogP contribution in [0.15, 0.2) is 36.5 Å². The molecule has 1 aliphatic carbocycles. The summed E-state index contributed by atoms with van der Waals surface area (Å²) in [4.78, 5) is 60.4. The highest BCUT2D eigenvalue weighted by molar-refractivity contribution is 7.80. The molecule has 3 saturated heterocycles. The zero-order valence-electron chi connectivity index (χ0n) is 32.9. The molecule has 1 aromatic carbocycles. The number of aromatic nitrogens is 1. The monoisotopic (exact) mass is 798 g/mol. The SMILES string of the molecule is CC.CC1(C)C(=O)N(c2ccc(C#N)c(C(F)(F)F)c2)C(=S)N1C1CCCCC1.CCCN1CCN(CC(=O)Nc2ccc(C3CCC(=O)NC3=O)nc2)CC1. The summed E-state index contributed by atoms with van der Waals surface area (Å²) in [5, 5.41) is 14.4. The zero-order chi connectivity index (χ0) is 41.2. The lowest BCUT2D eigenvalue weighted by Crippen LogP contribution is -2.50. The number of benzene rings is 1. The van der Waals surface area contributed by atoms with Crippen molar-refractivity contribution in [3.8, 4) is 6.07 Å². The van der Waals surface area contributed by atoms with Gasteiger partial charge in [0.25, 0.3) is 5.91 Å². The molecular weight excluding hydrogens is 746 g/mol. The maximum Gasteiger partial charge on any atom is 0.417 e. The Bertz CT molecular complexity index is 1770. The van der Waals surface area contributed by atoms with E-state index in [0.717, 1.165) is 83.4 Å². The van der Waals surface area contributed by atoms with Crippen LogP contribution < -0.4 is 15.5 Å². The molecule has 304 valence electrons. The molecule has 4 fully saturated rings. The number of piperazine rings is 1. The molecule has 1 saturated carbocycles. The minimum atomic E-state index is -4.69. The first-order valence-electron chi connectivity index (χ1n) is 19.5. The first-order chi connectivity index (χ1) is 26.6. The highest BCUT2D eigenvalue weighted by Crippen LogP contribution is 2.40. The Hall–Kier alpha value is -4.46. The van der Waals surface area contributed by atoms with Gasteiger partial charge in [-0.2, -0.15) is 18.4 Å². The molecule has 1 aromatic heterocycles. The zero-order valence-corrected chi connectivity index (χ0v) is 33.7. The largest absolute Gasteiger partial charge is 0.417 e. The minimum absolute atomic E-state index is 0.0442. The van der Waals surface area contributed by atoms with Gasteiger partial charge >= 0.3 is 6.18 Å². The Kier molecular flexibility index (Phi) is 15.5. The number of nitrogens with one attached hydrogen (secondary N) is 2. The topological polar surface area (TPSA) is 142 Å². The van der Waals surface area contributed by atoms with E-state index in [2.05, 4.69) is 32.3 Å². The van der Waals surface area contributed by atoms with Crippen molar-refractivity contribution in [3.63, 3.8) is 0 Å². The molecule has 4 amide bonds. The summed E-state index contributed by atoms with van der Waals surface area (Å²) in [7, 11) is 0. The van der Waals surface area contributed by atoms with Gasteiger partial charge < -0.3 is 15.1 Å². The molecule has 0 spiro atoms. The van der Waals surface area contributed by atoms with Crippen LogP contribution >= 0.6 is 12.2 Å². The number of nitrogens with zero attached hydrogens (tertiary/aromatic N) is 6. The van der Waals surface area contributed by atoms with Gasteiger partial charge in [-0.1, -0.05) is 40.0 Å². The van der Waals surface area contributed by atoms with Crippen LogP contribution in [0.2, 0.25) is 0 Å². The van der Waals surface area contributed by atoms with Crippen molar-refractivity contribution in [1.82, 2.24) is 25.0 Å². The molecule has 56 heavy (non-hydrogen) atoms. The summed E-state index contributed by atoms with van der Waals surface area (Å²) in [6, 6.07) is 8.42. The van der Waals surface area contributed by atoms with Crippen LogP contribution in [0.5, 0.6) is 0 Å². The fraction of sp³-hybridized carbons (Fsp3) is 0.575. The molecule has 0 radical (unpaired) electrons. The number of alkyl halides is 3. The highest BCUT2D eigenvalue weighted by Gasteiger charge is 2.52. The van der Waals surface area contributed by atoms with Gasteiger partial charge in [-0.25, -0.2) is 0 Å². The van der Waals surface area contributed by atoms with E-state index in [1.54, 1.807) is 38.2 Å². The average molecular weight is 799 g/mol. The maximum atomic E-state index is 13.3. The number of halogens is 3. The number of imide groups is 1. The van der Waals surface area contributed by atoms with Gasteiger partial charge in [0, 0.05) is 38.6 Å². The number of rotatable bonds is 8. The number of nitriles is 1. The lowest BCUT2D eigenvalue weighted by atomic mass is 9.91. The molecule has 0 bridgehead atoms. The number of pyridine rings is 1. The van der Waals surface area contributed by atoms with Crippen LogP contribution in [0.4, 0.5) is 24.5 Å². The average Bonchev–Trinajstić information content (AvgIpc) is 3.35. The molecule has 2 aromatic rings. The van der Waals surface area contributed by atoms with Crippen LogP contribution in [0, 0.1) is 11.3 Å². The van der Waals surface area contributed by atoms with E-state index < -0.39 is 28.8 Å². The van der Waals surface area contributed by atoms with Gasteiger partial charge in [-0.05, 0) is 88.6 Å². The summed E-state index contributed by atoms with van der Waals surface area (Å²) in [6.07, 6.45) is 3.86. The fourth-order valence-electron chi connectivity index (χ4n) is 7.55. The Labute approximate surface area is 332 Å². The Morgan fingerprint density at radius 2 is 1.68 bits per heavy atom. The Balaban J connectivity index is 0.000000238. The first-order valence-corrected chi connectivity index (χ1v) is 19.9. The first kappa shape index (κ1) is 44.3. The number of hydrogen-bond donors (Lipinski definition) is 2. The van der Waals surface area contributed by atoms with Crippen molar-refractivity contribution in [3.05, 3.63) is 53.3 Å². The van der Waals surface area contributed by atoms with E-state index in [1.807, 2.05) is 18.7 Å². The van der Waals surface area contributed by atoms with Crippen molar-refractivity contribution in [1.29, 1.82) is 5.26 Å². The van der Waals surface area contributed by atoms with E-state index >= 15 is 0 Å². The molecule has 1 unspecified atom stereocenters. The number of amides is 4. The van der Waals surface area contributed by atoms with Gasteiger partial charge in [0.15, 0.2) is 5.11 Å². The lowest BCUT2D eigenvalue weighted by molar-refractivity contribution is -0.138. The Morgan fingerprint density at radius 3 is 2.25 bits per heavy atom. The van der Waals surface area contributed by atoms with E-state index in [-0.39, 0.29) is 40.5 Å². The van der Waals surface area contributed by atoms with E-state index in [4.69, 9.17) is 17.5 Å². The van der Waals surface area contributed by atoms with Crippen LogP contribution in [-0.4, -0.2) is 99.3 Å². The fourth-order valence-corrected chi connectivity index (χ4v) is 8.11. The molecule has 4 aliphatic rings. The van der Waals surface area contributed by atoms with Gasteiger partial charge in [0.05, 0.1) is 52.9 Å². The highest BCUT2D eigenvalue weighted by atomic mass is 32.1. The predicted molar refractivity (Wildman–Crippen MR) is 212 cm³/mol. The second kappa shape index (κ2) is 19.6. The number of thiocarbonyl (C=S) groups is 1. The van der Waals surface area contributed by atoms with Crippen LogP contribution in [-0.2, 0) is 25.4 Å². The lowest BCUT2D eigenvalue weighted by Gasteiger charge is -2.39. The normalized spacial score (nSPS) is 20.7. The number of piperidine rings is 1. The molecule has 4 heterocycles. The van der Waals surface area contributed by atoms with E-state index in [1.165, 1.54) is 11.0 Å². The summed E-state index contributed by atoms with van der Waals surface area (Å²) >= 11 is 5.53. The third-order valence-corrected chi connectivity index (χ3v) is 10.8. The standard InChI is InChI=1S/C19H20F3N3OS.C19H27N5O3.C2H6/c1-18(2)16(26)24(17(27)25(18)13-6-4-3-5-7-13)14-9-8-12(11-23)15(10-14)19(20,21)22;1-2-7-23-8-10-24(11-9-23)13-18(26)21-14-3-5-16(20-12-14)15-4-6-17(25)22-19(15)27;1-2/h8-10,13H,3-7H2,1-2H3;3,5,12,15H,2,4,6-11,13H2,1H3,(H,21,26)(H,22,25,27);1-2H3. The molecule has 2 N–H and O–H groups in total. The third kappa shape index (κ3) is 10.7. The van der Waals surface area contributed by atoms with Crippen molar-refractivity contribution >= 4 is 52.3 Å².